The number of nitrogens with zero attached hydrogens (tertiary/aromatic N) is 1. The predicted octanol–water partition coefficient (Wildman–Crippen LogP) is 1.81. The number of aliphatic imine (C=N–C) groups is 1. The molecule has 0 aromatic heterocycles. The molecule has 15 heavy (non-hydrogen) atoms. The fourth-order valence-corrected chi connectivity index (χ4v) is 1.37. The topological polar surface area (TPSA) is 44.6 Å². The second-order valence-electron chi connectivity index (χ2n) is 3.44. The number of para-hydroxylation sites is 1. The van der Waals surface area contributed by atoms with Gasteiger partial charge in [0.2, 0.25) is 0 Å². The molecule has 0 bridgehead atoms. The molecular weight excluding hydrogens is 188 g/mol. The highest BCUT2D eigenvalue weighted by molar-refractivity contribution is 6.00. The first-order chi connectivity index (χ1) is 7.25. The molecule has 0 atom stereocenters. The summed E-state index contributed by atoms with van der Waals surface area (Å²) >= 11 is 0. The van der Waals surface area contributed by atoms with E-state index in [1.54, 1.807) is 6.07 Å². The highest BCUT2D eigenvalue weighted by Gasteiger charge is 2.01. The molecule has 1 aromatic carbocycles. The average Bonchev–Trinajstić information content (AvgIpc) is 2.25. The van der Waals surface area contributed by atoms with Crippen LogP contribution < -0.4 is 5.32 Å². The highest BCUT2D eigenvalue weighted by Crippen LogP contribution is 2.16. The number of benzene rings is 1. The Hall–Kier alpha value is -1.35. The molecule has 0 radical (unpaired) electrons. The molecule has 0 saturated carbocycles. The summed E-state index contributed by atoms with van der Waals surface area (Å²) in [6.45, 7) is 3.69. The van der Waals surface area contributed by atoms with Crippen molar-refractivity contribution in [3.63, 3.8) is 0 Å². The summed E-state index contributed by atoms with van der Waals surface area (Å²) in [5.74, 6) is 0.298. The minimum atomic E-state index is 0.298. The zero-order chi connectivity index (χ0) is 11.1. The largest absolute Gasteiger partial charge is 0.507 e. The van der Waals surface area contributed by atoms with Crippen molar-refractivity contribution in [3.8, 4) is 5.75 Å². The van der Waals surface area contributed by atoms with Crippen LogP contribution in [0.15, 0.2) is 29.3 Å². The lowest BCUT2D eigenvalue weighted by molar-refractivity contribution is 0.474. The van der Waals surface area contributed by atoms with Gasteiger partial charge in [0.1, 0.15) is 5.75 Å². The van der Waals surface area contributed by atoms with Crippen LogP contribution in [0, 0.1) is 0 Å². The lowest BCUT2D eigenvalue weighted by Crippen LogP contribution is -2.09. The fraction of sp³-hybridized carbons (Fsp3) is 0.417. The van der Waals surface area contributed by atoms with Crippen LogP contribution in [-0.4, -0.2) is 31.0 Å². The Bertz CT molecular complexity index is 334. The molecule has 0 spiro atoms. The van der Waals surface area contributed by atoms with Gasteiger partial charge in [-0.15, -0.1) is 0 Å². The maximum absolute atomic E-state index is 9.59. The first kappa shape index (κ1) is 11.7. The lowest BCUT2D eigenvalue weighted by Gasteiger charge is -2.03. The molecule has 2 N–H and O–H groups in total. The number of hydrogen-bond donors (Lipinski definition) is 2. The van der Waals surface area contributed by atoms with Gasteiger partial charge in [-0.3, -0.25) is 4.99 Å². The molecule has 1 aromatic rings. The minimum Gasteiger partial charge on any atom is -0.507 e. The van der Waals surface area contributed by atoms with E-state index in [9.17, 15) is 5.11 Å². The number of rotatable bonds is 5. The normalized spacial score (nSPS) is 11.7. The van der Waals surface area contributed by atoms with Gasteiger partial charge < -0.3 is 10.4 Å². The van der Waals surface area contributed by atoms with Crippen molar-refractivity contribution < 1.29 is 5.11 Å². The minimum absolute atomic E-state index is 0.298. The van der Waals surface area contributed by atoms with Crippen molar-refractivity contribution in [1.29, 1.82) is 0 Å². The quantitative estimate of drug-likeness (QED) is 0.570. The van der Waals surface area contributed by atoms with Crippen LogP contribution in [0.25, 0.3) is 0 Å². The first-order valence-corrected chi connectivity index (χ1v) is 5.19. The molecule has 1 rings (SSSR count). The molecule has 0 heterocycles. The summed E-state index contributed by atoms with van der Waals surface area (Å²) in [6.07, 6.45) is 1.02. The van der Waals surface area contributed by atoms with E-state index in [1.165, 1.54) is 0 Å². The first-order valence-electron chi connectivity index (χ1n) is 5.19. The van der Waals surface area contributed by atoms with Gasteiger partial charge in [0.05, 0.1) is 0 Å². The van der Waals surface area contributed by atoms with Gasteiger partial charge in [-0.25, -0.2) is 0 Å². The van der Waals surface area contributed by atoms with E-state index in [-0.39, 0.29) is 0 Å². The standard InChI is InChI=1S/C12H18N2O/c1-10(14-9-5-8-13-2)11-6-3-4-7-12(11)15/h3-4,6-7,13,15H,5,8-9H2,1-2H3. The van der Waals surface area contributed by atoms with Crippen LogP contribution in [0.2, 0.25) is 0 Å². The monoisotopic (exact) mass is 206 g/mol. The predicted molar refractivity (Wildman–Crippen MR) is 63.7 cm³/mol. The van der Waals surface area contributed by atoms with Crippen molar-refractivity contribution in [2.45, 2.75) is 13.3 Å². The van der Waals surface area contributed by atoms with Crippen molar-refractivity contribution in [1.82, 2.24) is 5.32 Å². The molecule has 0 saturated heterocycles. The van der Waals surface area contributed by atoms with Gasteiger partial charge in [0.15, 0.2) is 0 Å². The Balaban J connectivity index is 2.60. The average molecular weight is 206 g/mol. The van der Waals surface area contributed by atoms with E-state index in [0.29, 0.717) is 5.75 Å². The Morgan fingerprint density at radius 1 is 1.40 bits per heavy atom. The van der Waals surface area contributed by atoms with E-state index < -0.39 is 0 Å². The van der Waals surface area contributed by atoms with Crippen LogP contribution in [0.4, 0.5) is 0 Å². The Labute approximate surface area is 90.9 Å². The van der Waals surface area contributed by atoms with E-state index in [1.807, 2.05) is 32.2 Å². The van der Waals surface area contributed by atoms with Crippen molar-refractivity contribution >= 4 is 5.71 Å². The Morgan fingerprint density at radius 3 is 2.80 bits per heavy atom. The second-order valence-corrected chi connectivity index (χ2v) is 3.44. The van der Waals surface area contributed by atoms with Gasteiger partial charge in [-0.1, -0.05) is 12.1 Å². The number of phenols is 1. The van der Waals surface area contributed by atoms with Crippen LogP contribution in [0.5, 0.6) is 5.75 Å². The summed E-state index contributed by atoms with van der Waals surface area (Å²) in [5, 5.41) is 12.7. The Morgan fingerprint density at radius 2 is 2.13 bits per heavy atom. The number of nitrogens with one attached hydrogen (secondary N) is 1. The van der Waals surface area contributed by atoms with Crippen LogP contribution >= 0.6 is 0 Å². The van der Waals surface area contributed by atoms with E-state index in [4.69, 9.17) is 0 Å². The molecular formula is C12H18N2O. The SMILES string of the molecule is CNCCCN=C(C)c1ccccc1O. The highest BCUT2D eigenvalue weighted by atomic mass is 16.3. The maximum atomic E-state index is 9.59. The number of aromatic hydroxyl groups is 1. The summed E-state index contributed by atoms with van der Waals surface area (Å²) in [4.78, 5) is 4.41. The van der Waals surface area contributed by atoms with Gasteiger partial charge in [0.25, 0.3) is 0 Å². The zero-order valence-corrected chi connectivity index (χ0v) is 9.33. The summed E-state index contributed by atoms with van der Waals surface area (Å²) in [6, 6.07) is 7.28. The van der Waals surface area contributed by atoms with Crippen LogP contribution in [-0.2, 0) is 0 Å². The van der Waals surface area contributed by atoms with Crippen molar-refractivity contribution in [2.75, 3.05) is 20.1 Å². The molecule has 0 amide bonds. The van der Waals surface area contributed by atoms with Gasteiger partial charge in [-0.05, 0) is 39.1 Å². The van der Waals surface area contributed by atoms with Gasteiger partial charge in [-0.2, -0.15) is 0 Å². The molecule has 3 nitrogen and oxygen atoms in total. The zero-order valence-electron chi connectivity index (χ0n) is 9.33. The Kier molecular flexibility index (Phi) is 4.84. The molecule has 82 valence electrons. The van der Waals surface area contributed by atoms with Crippen LogP contribution in [0.3, 0.4) is 0 Å². The third-order valence-electron chi connectivity index (χ3n) is 2.23. The fourth-order valence-electron chi connectivity index (χ4n) is 1.37. The molecule has 0 aliphatic carbocycles. The van der Waals surface area contributed by atoms with Crippen molar-refractivity contribution in [2.24, 2.45) is 4.99 Å². The molecule has 0 fully saturated rings. The second kappa shape index (κ2) is 6.19. The molecule has 3 heteroatoms. The molecule has 0 aliphatic heterocycles. The molecule has 0 aliphatic rings. The number of hydrogen-bond acceptors (Lipinski definition) is 3. The van der Waals surface area contributed by atoms with E-state index >= 15 is 0 Å². The van der Waals surface area contributed by atoms with E-state index in [2.05, 4.69) is 10.3 Å². The number of phenolic OH excluding ortho intramolecular Hbond substituents is 1. The third kappa shape index (κ3) is 3.72. The summed E-state index contributed by atoms with van der Waals surface area (Å²) < 4.78 is 0. The van der Waals surface area contributed by atoms with Gasteiger partial charge in [0, 0.05) is 17.8 Å². The summed E-state index contributed by atoms with van der Waals surface area (Å²) in [7, 11) is 1.93. The van der Waals surface area contributed by atoms with Crippen LogP contribution in [0.1, 0.15) is 18.9 Å². The van der Waals surface area contributed by atoms with Gasteiger partial charge >= 0.3 is 0 Å². The summed E-state index contributed by atoms with van der Waals surface area (Å²) in [5.41, 5.74) is 1.71. The lowest BCUT2D eigenvalue weighted by atomic mass is 10.1. The van der Waals surface area contributed by atoms with Crippen molar-refractivity contribution in [3.05, 3.63) is 29.8 Å². The van der Waals surface area contributed by atoms with E-state index in [0.717, 1.165) is 30.8 Å². The maximum Gasteiger partial charge on any atom is 0.124 e. The smallest absolute Gasteiger partial charge is 0.124 e. The third-order valence-corrected chi connectivity index (χ3v) is 2.23. The molecule has 0 unspecified atom stereocenters.